The van der Waals surface area contributed by atoms with Crippen LogP contribution in [0.5, 0.6) is 0 Å². The maximum Gasteiger partial charge on any atom is 0.244 e. The molecule has 1 aromatic rings. The molecule has 6 heteroatoms. The van der Waals surface area contributed by atoms with Crippen molar-refractivity contribution in [1.82, 2.24) is 10.0 Å². The normalized spacial score (nSPS) is 15.9. The van der Waals surface area contributed by atoms with Crippen molar-refractivity contribution in [3.8, 4) is 0 Å². The van der Waals surface area contributed by atoms with Gasteiger partial charge in [-0.1, -0.05) is 13.3 Å². The van der Waals surface area contributed by atoms with Gasteiger partial charge >= 0.3 is 0 Å². The van der Waals surface area contributed by atoms with Crippen LogP contribution in [0, 0.1) is 6.92 Å². The molecule has 0 spiro atoms. The number of nitrogens with one attached hydrogen (secondary N) is 2. The highest BCUT2D eigenvalue weighted by Crippen LogP contribution is 2.22. The maximum atomic E-state index is 12.1. The summed E-state index contributed by atoms with van der Waals surface area (Å²) in [6.45, 7) is 4.78. The number of aryl methyl sites for hydroxylation is 1. The van der Waals surface area contributed by atoms with Crippen LogP contribution in [0.4, 0.5) is 0 Å². The fourth-order valence-corrected chi connectivity index (χ4v) is 3.15. The number of unbranched alkanes of at least 4 members (excludes halogenated alkanes) is 1. The average Bonchev–Trinajstić information content (AvgIpc) is 3.09. The third-order valence-electron chi connectivity index (χ3n) is 3.18. The van der Waals surface area contributed by atoms with Crippen molar-refractivity contribution in [2.24, 2.45) is 0 Å². The van der Waals surface area contributed by atoms with Crippen LogP contribution in [0.3, 0.4) is 0 Å². The van der Waals surface area contributed by atoms with Gasteiger partial charge in [-0.15, -0.1) is 0 Å². The van der Waals surface area contributed by atoms with E-state index in [1.54, 1.807) is 13.0 Å². The number of sulfonamides is 1. The Morgan fingerprint density at radius 3 is 2.79 bits per heavy atom. The van der Waals surface area contributed by atoms with Gasteiger partial charge in [-0.3, -0.25) is 0 Å². The molecule has 108 valence electrons. The van der Waals surface area contributed by atoms with Crippen LogP contribution < -0.4 is 10.0 Å². The van der Waals surface area contributed by atoms with Crippen molar-refractivity contribution >= 4 is 10.0 Å². The van der Waals surface area contributed by atoms with Crippen molar-refractivity contribution in [3.05, 3.63) is 17.6 Å². The molecule has 5 nitrogen and oxygen atoms in total. The van der Waals surface area contributed by atoms with Crippen LogP contribution in [-0.4, -0.2) is 21.0 Å². The minimum atomic E-state index is -3.44. The number of rotatable bonds is 8. The Balaban J connectivity index is 2.01. The van der Waals surface area contributed by atoms with Crippen LogP contribution in [0.25, 0.3) is 0 Å². The second-order valence-corrected chi connectivity index (χ2v) is 6.78. The standard InChI is InChI=1S/C13H22N2O3S/c1-3-4-7-15-19(16,17)13-8-12(18-10(13)2)9-14-11-5-6-11/h8,11,14-15H,3-7,9H2,1-2H3. The van der Waals surface area contributed by atoms with Gasteiger partial charge in [-0.25, -0.2) is 13.1 Å². The minimum absolute atomic E-state index is 0.260. The molecule has 1 aliphatic carbocycles. The van der Waals surface area contributed by atoms with Crippen LogP contribution >= 0.6 is 0 Å². The SMILES string of the molecule is CCCCNS(=O)(=O)c1cc(CNC2CC2)oc1C. The van der Waals surface area contributed by atoms with Crippen molar-refractivity contribution in [1.29, 1.82) is 0 Å². The molecular formula is C13H22N2O3S. The summed E-state index contributed by atoms with van der Waals surface area (Å²) in [5, 5.41) is 3.31. The van der Waals surface area contributed by atoms with Gasteiger partial charge in [0.05, 0.1) is 6.54 Å². The van der Waals surface area contributed by atoms with E-state index in [2.05, 4.69) is 10.0 Å². The van der Waals surface area contributed by atoms with Gasteiger partial charge in [0.1, 0.15) is 16.4 Å². The van der Waals surface area contributed by atoms with Gasteiger partial charge in [0.2, 0.25) is 10.0 Å². The van der Waals surface area contributed by atoms with Gasteiger partial charge in [-0.2, -0.15) is 0 Å². The number of furan rings is 1. The molecule has 0 atom stereocenters. The minimum Gasteiger partial charge on any atom is -0.464 e. The predicted octanol–water partition coefficient (Wildman–Crippen LogP) is 1.92. The Kier molecular flexibility index (Phi) is 4.65. The summed E-state index contributed by atoms with van der Waals surface area (Å²) < 4.78 is 32.3. The van der Waals surface area contributed by atoms with E-state index < -0.39 is 10.0 Å². The molecule has 0 aromatic carbocycles. The molecule has 0 aliphatic heterocycles. The lowest BCUT2D eigenvalue weighted by Crippen LogP contribution is -2.24. The zero-order chi connectivity index (χ0) is 13.9. The molecule has 1 heterocycles. The monoisotopic (exact) mass is 286 g/mol. The van der Waals surface area contributed by atoms with E-state index in [9.17, 15) is 8.42 Å². The first-order chi connectivity index (χ1) is 9.03. The van der Waals surface area contributed by atoms with Crippen LogP contribution in [0.15, 0.2) is 15.4 Å². The van der Waals surface area contributed by atoms with E-state index in [4.69, 9.17) is 4.42 Å². The number of hydrogen-bond acceptors (Lipinski definition) is 4. The summed E-state index contributed by atoms with van der Waals surface area (Å²) in [5.41, 5.74) is 0. The van der Waals surface area contributed by atoms with Gasteiger partial charge in [-0.05, 0) is 26.2 Å². The maximum absolute atomic E-state index is 12.1. The van der Waals surface area contributed by atoms with Crippen molar-refractivity contribution in [3.63, 3.8) is 0 Å². The van der Waals surface area contributed by atoms with Gasteiger partial charge in [0, 0.05) is 18.7 Å². The van der Waals surface area contributed by atoms with E-state index in [0.717, 1.165) is 12.8 Å². The van der Waals surface area contributed by atoms with E-state index >= 15 is 0 Å². The summed E-state index contributed by atoms with van der Waals surface area (Å²) >= 11 is 0. The lowest BCUT2D eigenvalue weighted by molar-refractivity contribution is 0.456. The molecule has 0 unspecified atom stereocenters. The van der Waals surface area contributed by atoms with Gasteiger partial charge in [0.25, 0.3) is 0 Å². The Morgan fingerprint density at radius 1 is 1.42 bits per heavy atom. The van der Waals surface area contributed by atoms with E-state index in [0.29, 0.717) is 30.7 Å². The molecule has 1 aliphatic rings. The summed E-state index contributed by atoms with van der Waals surface area (Å²) in [6, 6.07) is 2.20. The smallest absolute Gasteiger partial charge is 0.244 e. The molecular weight excluding hydrogens is 264 g/mol. The third-order valence-corrected chi connectivity index (χ3v) is 4.75. The quantitative estimate of drug-likeness (QED) is 0.716. The van der Waals surface area contributed by atoms with Crippen LogP contribution in [-0.2, 0) is 16.6 Å². The molecule has 0 bridgehead atoms. The highest BCUT2D eigenvalue weighted by molar-refractivity contribution is 7.89. The van der Waals surface area contributed by atoms with E-state index in [-0.39, 0.29) is 4.90 Å². The van der Waals surface area contributed by atoms with Gasteiger partial charge in [0.15, 0.2) is 0 Å². The molecule has 1 fully saturated rings. The second kappa shape index (κ2) is 6.07. The summed E-state index contributed by atoms with van der Waals surface area (Å²) in [5.74, 6) is 1.14. The summed E-state index contributed by atoms with van der Waals surface area (Å²) in [7, 11) is -3.44. The van der Waals surface area contributed by atoms with Crippen LogP contribution in [0.1, 0.15) is 44.1 Å². The molecule has 1 saturated carbocycles. The van der Waals surface area contributed by atoms with E-state index in [1.165, 1.54) is 12.8 Å². The Morgan fingerprint density at radius 2 is 2.16 bits per heavy atom. The largest absolute Gasteiger partial charge is 0.464 e. The predicted molar refractivity (Wildman–Crippen MR) is 73.4 cm³/mol. The van der Waals surface area contributed by atoms with Crippen molar-refractivity contribution in [2.45, 2.75) is 57.0 Å². The first-order valence-corrected chi connectivity index (χ1v) is 8.33. The summed E-state index contributed by atoms with van der Waals surface area (Å²) in [4.78, 5) is 0.260. The number of hydrogen-bond donors (Lipinski definition) is 2. The third kappa shape index (κ3) is 4.06. The Bertz CT molecular complexity index is 518. The Hall–Kier alpha value is -0.850. The molecule has 19 heavy (non-hydrogen) atoms. The summed E-state index contributed by atoms with van der Waals surface area (Å²) in [6.07, 6.45) is 4.20. The lowest BCUT2D eigenvalue weighted by Gasteiger charge is -2.03. The molecule has 1 aromatic heterocycles. The molecule has 0 amide bonds. The second-order valence-electron chi connectivity index (χ2n) is 5.04. The molecule has 0 radical (unpaired) electrons. The van der Waals surface area contributed by atoms with Gasteiger partial charge < -0.3 is 9.73 Å². The van der Waals surface area contributed by atoms with E-state index in [1.807, 2.05) is 6.92 Å². The first kappa shape index (κ1) is 14.6. The fraction of sp³-hybridized carbons (Fsp3) is 0.692. The van der Waals surface area contributed by atoms with Crippen molar-refractivity contribution in [2.75, 3.05) is 6.54 Å². The first-order valence-electron chi connectivity index (χ1n) is 6.85. The van der Waals surface area contributed by atoms with Crippen molar-refractivity contribution < 1.29 is 12.8 Å². The molecule has 2 N–H and O–H groups in total. The van der Waals surface area contributed by atoms with Crippen LogP contribution in [0.2, 0.25) is 0 Å². The zero-order valence-electron chi connectivity index (χ0n) is 11.5. The highest BCUT2D eigenvalue weighted by Gasteiger charge is 2.23. The average molecular weight is 286 g/mol. The molecule has 0 saturated heterocycles. The zero-order valence-corrected chi connectivity index (χ0v) is 12.3. The fourth-order valence-electron chi connectivity index (χ4n) is 1.87. The Labute approximate surface area is 114 Å². The topological polar surface area (TPSA) is 71.3 Å². The molecule has 2 rings (SSSR count). The lowest BCUT2D eigenvalue weighted by atomic mass is 10.3. The highest BCUT2D eigenvalue weighted by atomic mass is 32.2.